The van der Waals surface area contributed by atoms with Crippen molar-refractivity contribution in [1.82, 2.24) is 14.9 Å². The predicted molar refractivity (Wildman–Crippen MR) is 87.6 cm³/mol. The second-order valence-corrected chi connectivity index (χ2v) is 9.11. The molecule has 0 bridgehead atoms. The Morgan fingerprint density at radius 1 is 1.43 bits per heavy atom. The first kappa shape index (κ1) is 15.4. The molecule has 124 valence electrons. The lowest BCUT2D eigenvalue weighted by Crippen LogP contribution is -2.29. The van der Waals surface area contributed by atoms with Gasteiger partial charge in [-0.05, 0) is 48.3 Å². The van der Waals surface area contributed by atoms with Crippen molar-refractivity contribution in [1.29, 1.82) is 0 Å². The maximum Gasteiger partial charge on any atom is 0.208 e. The van der Waals surface area contributed by atoms with Gasteiger partial charge in [0.2, 0.25) is 10.0 Å². The number of H-pyrrole nitrogens is 1. The number of aliphatic hydroxyl groups is 1. The molecule has 2 aliphatic rings. The number of sulfonamides is 1. The highest BCUT2D eigenvalue weighted by molar-refractivity contribution is 7.88. The Kier molecular flexibility index (Phi) is 3.29. The summed E-state index contributed by atoms with van der Waals surface area (Å²) in [4.78, 5) is 0. The smallest absolute Gasteiger partial charge is 0.208 e. The van der Waals surface area contributed by atoms with Gasteiger partial charge >= 0.3 is 0 Å². The molecule has 1 aromatic heterocycles. The lowest BCUT2D eigenvalue weighted by molar-refractivity contribution is 0.0277. The van der Waals surface area contributed by atoms with Gasteiger partial charge in [-0.15, -0.1) is 0 Å². The topological polar surface area (TPSA) is 95.1 Å². The van der Waals surface area contributed by atoms with Crippen LogP contribution in [0.1, 0.15) is 18.4 Å². The Bertz CT molecular complexity index is 867. The summed E-state index contributed by atoms with van der Waals surface area (Å²) in [6, 6.07) is 3.61. The average molecular weight is 356 g/mol. The third-order valence-corrected chi connectivity index (χ3v) is 6.17. The van der Waals surface area contributed by atoms with Crippen LogP contribution in [0.3, 0.4) is 0 Å². The van der Waals surface area contributed by atoms with E-state index in [4.69, 9.17) is 11.6 Å². The lowest BCUT2D eigenvalue weighted by atomic mass is 9.85. The van der Waals surface area contributed by atoms with Gasteiger partial charge in [-0.1, -0.05) is 11.6 Å². The minimum Gasteiger partial charge on any atom is -0.385 e. The Morgan fingerprint density at radius 3 is 2.78 bits per heavy atom. The van der Waals surface area contributed by atoms with E-state index in [0.717, 1.165) is 16.5 Å². The number of fused-ring (bicyclic) bond motifs is 2. The molecule has 0 amide bonds. The van der Waals surface area contributed by atoms with Crippen LogP contribution < -0.4 is 4.72 Å². The highest BCUT2D eigenvalue weighted by atomic mass is 35.5. The maximum atomic E-state index is 11.2. The third kappa shape index (κ3) is 2.65. The molecule has 2 aliphatic carbocycles. The van der Waals surface area contributed by atoms with Gasteiger partial charge < -0.3 is 5.11 Å². The molecule has 1 unspecified atom stereocenters. The summed E-state index contributed by atoms with van der Waals surface area (Å²) < 4.78 is 25.0. The van der Waals surface area contributed by atoms with Gasteiger partial charge in [0.25, 0.3) is 0 Å². The largest absolute Gasteiger partial charge is 0.385 e. The molecule has 0 saturated heterocycles. The fraction of sp³-hybridized carbons (Fsp3) is 0.533. The van der Waals surface area contributed by atoms with Gasteiger partial charge in [-0.3, -0.25) is 5.10 Å². The van der Waals surface area contributed by atoms with Crippen molar-refractivity contribution in [2.45, 2.75) is 18.4 Å². The van der Waals surface area contributed by atoms with Crippen molar-refractivity contribution < 1.29 is 13.5 Å². The summed E-state index contributed by atoms with van der Waals surface area (Å²) in [6.45, 7) is 0.459. The summed E-state index contributed by atoms with van der Waals surface area (Å²) in [5.74, 6) is 1.04. The number of nitrogens with one attached hydrogen (secondary N) is 2. The monoisotopic (exact) mass is 355 g/mol. The van der Waals surface area contributed by atoms with E-state index in [2.05, 4.69) is 14.9 Å². The SMILES string of the molecule is CS(=O)(=O)NC[C@@H]1C2C[C@@](O)(c3cc(Cl)cc4[nH]ncc34)C[C@@H]21. The van der Waals surface area contributed by atoms with Crippen molar-refractivity contribution in [3.05, 3.63) is 28.9 Å². The number of benzene rings is 1. The van der Waals surface area contributed by atoms with E-state index in [-0.39, 0.29) is 0 Å². The van der Waals surface area contributed by atoms with E-state index in [0.29, 0.717) is 42.2 Å². The Morgan fingerprint density at radius 2 is 2.13 bits per heavy atom. The number of nitrogens with zero attached hydrogens (tertiary/aromatic N) is 1. The molecule has 2 saturated carbocycles. The third-order valence-electron chi connectivity index (χ3n) is 5.26. The van der Waals surface area contributed by atoms with Gasteiger partial charge in [0.15, 0.2) is 0 Å². The Labute approximate surface area is 139 Å². The Balaban J connectivity index is 1.55. The van der Waals surface area contributed by atoms with Crippen LogP contribution in [0.4, 0.5) is 0 Å². The normalized spacial score (nSPS) is 33.1. The van der Waals surface area contributed by atoms with Crippen LogP contribution in [-0.2, 0) is 15.6 Å². The van der Waals surface area contributed by atoms with Crippen LogP contribution in [0, 0.1) is 17.8 Å². The molecule has 2 aromatic rings. The van der Waals surface area contributed by atoms with E-state index < -0.39 is 15.6 Å². The molecule has 2 fully saturated rings. The van der Waals surface area contributed by atoms with Crippen molar-refractivity contribution >= 4 is 32.5 Å². The minimum absolute atomic E-state index is 0.323. The molecular weight excluding hydrogens is 338 g/mol. The van der Waals surface area contributed by atoms with Crippen LogP contribution >= 0.6 is 11.6 Å². The minimum atomic E-state index is -3.16. The van der Waals surface area contributed by atoms with Crippen LogP contribution in [0.25, 0.3) is 10.9 Å². The van der Waals surface area contributed by atoms with Crippen LogP contribution in [0.2, 0.25) is 5.02 Å². The molecule has 0 spiro atoms. The lowest BCUT2D eigenvalue weighted by Gasteiger charge is -2.27. The van der Waals surface area contributed by atoms with Crippen LogP contribution in [-0.4, -0.2) is 36.5 Å². The zero-order valence-corrected chi connectivity index (χ0v) is 14.2. The second-order valence-electron chi connectivity index (χ2n) is 6.84. The molecule has 0 radical (unpaired) electrons. The zero-order chi connectivity index (χ0) is 16.4. The number of aromatic amines is 1. The fourth-order valence-corrected chi connectivity index (χ4v) is 4.88. The molecule has 1 heterocycles. The van der Waals surface area contributed by atoms with E-state index in [9.17, 15) is 13.5 Å². The number of hydrogen-bond donors (Lipinski definition) is 3. The number of aromatic nitrogens is 2. The average Bonchev–Trinajstić information content (AvgIpc) is 2.82. The molecular formula is C15H18ClN3O3S. The molecule has 6 nitrogen and oxygen atoms in total. The summed E-state index contributed by atoms with van der Waals surface area (Å²) in [5, 5.41) is 19.5. The molecule has 3 N–H and O–H groups in total. The second kappa shape index (κ2) is 4.92. The molecule has 4 rings (SSSR count). The van der Waals surface area contributed by atoms with Crippen molar-refractivity contribution in [2.75, 3.05) is 12.8 Å². The van der Waals surface area contributed by atoms with Crippen molar-refractivity contribution in [3.8, 4) is 0 Å². The molecule has 0 aliphatic heterocycles. The molecule has 8 heteroatoms. The Hall–Kier alpha value is -1.15. The van der Waals surface area contributed by atoms with E-state index in [1.54, 1.807) is 12.3 Å². The van der Waals surface area contributed by atoms with Crippen molar-refractivity contribution in [2.24, 2.45) is 17.8 Å². The van der Waals surface area contributed by atoms with Gasteiger partial charge in [-0.2, -0.15) is 5.10 Å². The highest BCUT2D eigenvalue weighted by Crippen LogP contribution is 2.63. The number of hydrogen-bond acceptors (Lipinski definition) is 4. The van der Waals surface area contributed by atoms with Gasteiger partial charge in [0.1, 0.15) is 0 Å². The van der Waals surface area contributed by atoms with E-state index in [1.807, 2.05) is 6.07 Å². The first-order chi connectivity index (χ1) is 10.8. The summed E-state index contributed by atoms with van der Waals surface area (Å²) in [5.41, 5.74) is 0.719. The molecule has 1 aromatic carbocycles. The van der Waals surface area contributed by atoms with Crippen molar-refractivity contribution in [3.63, 3.8) is 0 Å². The quantitative estimate of drug-likeness (QED) is 0.776. The fourth-order valence-electron chi connectivity index (χ4n) is 4.16. The standard InChI is InChI=1S/C15H18ClN3O3S/c1-23(21,22)18-7-11-9-4-15(20,5-10(9)11)13-2-8(16)3-14-12(13)6-17-19-14/h2-3,6,9-11,18,20H,4-5,7H2,1H3,(H,17,19)/t9-,10?,11-,15+/m0/s1. The van der Waals surface area contributed by atoms with E-state index >= 15 is 0 Å². The predicted octanol–water partition coefficient (Wildman–Crippen LogP) is 1.61. The summed E-state index contributed by atoms with van der Waals surface area (Å²) >= 11 is 6.16. The zero-order valence-electron chi connectivity index (χ0n) is 12.6. The molecule has 23 heavy (non-hydrogen) atoms. The van der Waals surface area contributed by atoms with Crippen LogP contribution in [0.15, 0.2) is 18.3 Å². The van der Waals surface area contributed by atoms with E-state index in [1.165, 1.54) is 6.26 Å². The number of halogens is 1. The van der Waals surface area contributed by atoms with Gasteiger partial charge in [-0.25, -0.2) is 13.1 Å². The summed E-state index contributed by atoms with van der Waals surface area (Å²) in [7, 11) is -3.16. The number of rotatable bonds is 4. The van der Waals surface area contributed by atoms with Gasteiger partial charge in [0, 0.05) is 17.0 Å². The summed E-state index contributed by atoms with van der Waals surface area (Å²) in [6.07, 6.45) is 4.15. The van der Waals surface area contributed by atoms with Crippen LogP contribution in [0.5, 0.6) is 0 Å². The highest BCUT2D eigenvalue weighted by Gasteiger charge is 2.61. The first-order valence-corrected chi connectivity index (χ1v) is 9.84. The van der Waals surface area contributed by atoms with Gasteiger partial charge in [0.05, 0.1) is 23.6 Å². The maximum absolute atomic E-state index is 11.2. The molecule has 4 atom stereocenters. The first-order valence-electron chi connectivity index (χ1n) is 7.57.